The highest BCUT2D eigenvalue weighted by molar-refractivity contribution is 5.95. The summed E-state index contributed by atoms with van der Waals surface area (Å²) >= 11 is 0. The zero-order valence-electron chi connectivity index (χ0n) is 11.5. The number of nitrogens with zero attached hydrogens (tertiary/aromatic N) is 1. The van der Waals surface area contributed by atoms with Crippen molar-refractivity contribution in [1.82, 2.24) is 10.2 Å². The number of nitrogens with one attached hydrogen (secondary N) is 2. The Morgan fingerprint density at radius 3 is 2.53 bits per heavy atom. The average Bonchev–Trinajstić information content (AvgIpc) is 2.35. The van der Waals surface area contributed by atoms with Crippen molar-refractivity contribution < 1.29 is 9.59 Å². The van der Waals surface area contributed by atoms with Crippen molar-refractivity contribution in [2.45, 2.75) is 6.92 Å². The molecule has 0 fully saturated rings. The summed E-state index contributed by atoms with van der Waals surface area (Å²) in [4.78, 5) is 24.1. The van der Waals surface area contributed by atoms with E-state index in [1.165, 1.54) is 11.8 Å². The number of benzene rings is 1. The van der Waals surface area contributed by atoms with Crippen LogP contribution < -0.4 is 16.4 Å². The monoisotopic (exact) mass is 264 g/mol. The van der Waals surface area contributed by atoms with Crippen molar-refractivity contribution in [3.8, 4) is 0 Å². The molecule has 2 amide bonds. The lowest BCUT2D eigenvalue weighted by molar-refractivity contribution is -0.118. The Kier molecular flexibility index (Phi) is 5.17. The first-order valence-corrected chi connectivity index (χ1v) is 6.01. The Balaban J connectivity index is 2.69. The van der Waals surface area contributed by atoms with E-state index in [0.29, 0.717) is 30.0 Å². The largest absolute Gasteiger partial charge is 0.397 e. The van der Waals surface area contributed by atoms with Crippen molar-refractivity contribution in [1.29, 1.82) is 0 Å². The van der Waals surface area contributed by atoms with Gasteiger partial charge in [0.1, 0.15) is 0 Å². The molecule has 0 aliphatic carbocycles. The van der Waals surface area contributed by atoms with Crippen molar-refractivity contribution in [2.75, 3.05) is 38.2 Å². The van der Waals surface area contributed by atoms with E-state index < -0.39 is 0 Å². The molecule has 0 radical (unpaired) electrons. The van der Waals surface area contributed by atoms with Crippen LogP contribution in [0, 0.1) is 0 Å². The van der Waals surface area contributed by atoms with Gasteiger partial charge in [0.05, 0.1) is 11.4 Å². The molecular weight excluding hydrogens is 244 g/mol. The van der Waals surface area contributed by atoms with Gasteiger partial charge in [0.2, 0.25) is 5.91 Å². The van der Waals surface area contributed by atoms with Crippen molar-refractivity contribution >= 4 is 23.2 Å². The number of nitrogens with two attached hydrogens (primary N) is 1. The third-order valence-corrected chi connectivity index (χ3v) is 2.52. The number of carbonyl (C=O) groups excluding carboxylic acids is 2. The summed E-state index contributed by atoms with van der Waals surface area (Å²) in [6, 6.07) is 5.10. The van der Waals surface area contributed by atoms with Crippen LogP contribution in [0.15, 0.2) is 18.2 Å². The molecule has 0 bridgehead atoms. The molecule has 19 heavy (non-hydrogen) atoms. The van der Waals surface area contributed by atoms with E-state index >= 15 is 0 Å². The maximum absolute atomic E-state index is 11.8. The van der Waals surface area contributed by atoms with Crippen LogP contribution in [0.4, 0.5) is 11.4 Å². The Bertz CT molecular complexity index is 472. The molecule has 1 aromatic rings. The van der Waals surface area contributed by atoms with E-state index in [1.54, 1.807) is 32.3 Å². The summed E-state index contributed by atoms with van der Waals surface area (Å²) in [6.45, 7) is 2.51. The Morgan fingerprint density at radius 2 is 1.95 bits per heavy atom. The predicted molar refractivity (Wildman–Crippen MR) is 76.0 cm³/mol. The van der Waals surface area contributed by atoms with Crippen molar-refractivity contribution in [2.24, 2.45) is 0 Å². The lowest BCUT2D eigenvalue weighted by atomic mass is 10.1. The first kappa shape index (κ1) is 14.8. The van der Waals surface area contributed by atoms with Crippen LogP contribution in [0.2, 0.25) is 0 Å². The molecular formula is C13H20N4O2. The summed E-state index contributed by atoms with van der Waals surface area (Å²) in [6.07, 6.45) is 0. The van der Waals surface area contributed by atoms with E-state index in [-0.39, 0.29) is 11.8 Å². The van der Waals surface area contributed by atoms with Gasteiger partial charge in [-0.2, -0.15) is 0 Å². The number of nitrogen functional groups attached to an aromatic ring is 1. The zero-order valence-corrected chi connectivity index (χ0v) is 11.5. The summed E-state index contributed by atoms with van der Waals surface area (Å²) in [5, 5.41) is 5.77. The number of hydrogen-bond donors (Lipinski definition) is 3. The number of amides is 2. The standard InChI is InChI=1S/C13H20N4O2/c1-9(18)15-6-7-16-12-8-10(4-5-11(12)14)13(19)17(2)3/h4-5,8,16H,6-7,14H2,1-3H3,(H,15,18). The van der Waals surface area contributed by atoms with Crippen molar-refractivity contribution in [3.05, 3.63) is 23.8 Å². The fourth-order valence-corrected chi connectivity index (χ4v) is 1.54. The SMILES string of the molecule is CC(=O)NCCNc1cc(C(=O)N(C)C)ccc1N. The zero-order chi connectivity index (χ0) is 14.4. The fourth-order valence-electron chi connectivity index (χ4n) is 1.54. The van der Waals surface area contributed by atoms with Gasteiger partial charge in [0.25, 0.3) is 5.91 Å². The Morgan fingerprint density at radius 1 is 1.26 bits per heavy atom. The molecule has 1 aromatic carbocycles. The molecule has 0 atom stereocenters. The minimum absolute atomic E-state index is 0.0775. The molecule has 0 unspecified atom stereocenters. The highest BCUT2D eigenvalue weighted by atomic mass is 16.2. The van der Waals surface area contributed by atoms with Gasteiger partial charge < -0.3 is 21.3 Å². The molecule has 0 saturated heterocycles. The maximum Gasteiger partial charge on any atom is 0.253 e. The molecule has 0 saturated carbocycles. The number of hydrogen-bond acceptors (Lipinski definition) is 4. The van der Waals surface area contributed by atoms with Gasteiger partial charge in [-0.3, -0.25) is 9.59 Å². The van der Waals surface area contributed by atoms with Crippen LogP contribution >= 0.6 is 0 Å². The third kappa shape index (κ3) is 4.50. The van der Waals surface area contributed by atoms with E-state index in [1.807, 2.05) is 0 Å². The molecule has 4 N–H and O–H groups in total. The van der Waals surface area contributed by atoms with Gasteiger partial charge in [0, 0.05) is 39.7 Å². The molecule has 104 valence electrons. The highest BCUT2D eigenvalue weighted by Gasteiger charge is 2.09. The lowest BCUT2D eigenvalue weighted by Crippen LogP contribution is -2.26. The fraction of sp³-hybridized carbons (Fsp3) is 0.385. The molecule has 0 spiro atoms. The van der Waals surface area contributed by atoms with E-state index in [2.05, 4.69) is 10.6 Å². The van der Waals surface area contributed by atoms with Gasteiger partial charge in [-0.15, -0.1) is 0 Å². The topological polar surface area (TPSA) is 87.5 Å². The molecule has 0 aliphatic heterocycles. The molecule has 0 aromatic heterocycles. The van der Waals surface area contributed by atoms with Gasteiger partial charge in [0.15, 0.2) is 0 Å². The maximum atomic E-state index is 11.8. The van der Waals surface area contributed by atoms with Crippen LogP contribution in [0.1, 0.15) is 17.3 Å². The second-order valence-electron chi connectivity index (χ2n) is 4.41. The lowest BCUT2D eigenvalue weighted by Gasteiger charge is -2.14. The predicted octanol–water partition coefficient (Wildman–Crippen LogP) is 0.519. The van der Waals surface area contributed by atoms with E-state index in [9.17, 15) is 9.59 Å². The quantitative estimate of drug-likeness (QED) is 0.534. The molecule has 0 aliphatic rings. The van der Waals surface area contributed by atoms with E-state index in [0.717, 1.165) is 0 Å². The summed E-state index contributed by atoms with van der Waals surface area (Å²) in [7, 11) is 3.39. The average molecular weight is 264 g/mol. The highest BCUT2D eigenvalue weighted by Crippen LogP contribution is 2.20. The smallest absolute Gasteiger partial charge is 0.253 e. The van der Waals surface area contributed by atoms with Crippen LogP contribution in [0.5, 0.6) is 0 Å². The number of anilines is 2. The van der Waals surface area contributed by atoms with E-state index in [4.69, 9.17) is 5.73 Å². The summed E-state index contributed by atoms with van der Waals surface area (Å²) < 4.78 is 0. The molecule has 6 heteroatoms. The molecule has 6 nitrogen and oxygen atoms in total. The van der Waals surface area contributed by atoms with Gasteiger partial charge in [-0.05, 0) is 18.2 Å². The van der Waals surface area contributed by atoms with Gasteiger partial charge >= 0.3 is 0 Å². The Hall–Kier alpha value is -2.24. The first-order chi connectivity index (χ1) is 8.91. The third-order valence-electron chi connectivity index (χ3n) is 2.52. The van der Waals surface area contributed by atoms with Crippen LogP contribution in [0.3, 0.4) is 0 Å². The van der Waals surface area contributed by atoms with Crippen LogP contribution in [-0.4, -0.2) is 43.9 Å². The molecule has 1 rings (SSSR count). The Labute approximate surface area is 113 Å². The number of rotatable bonds is 5. The van der Waals surface area contributed by atoms with Gasteiger partial charge in [-0.1, -0.05) is 0 Å². The summed E-state index contributed by atoms with van der Waals surface area (Å²) in [5.74, 6) is -0.156. The normalized spacial score (nSPS) is 9.84. The molecule has 0 heterocycles. The van der Waals surface area contributed by atoms with Gasteiger partial charge in [-0.25, -0.2) is 0 Å². The van der Waals surface area contributed by atoms with Crippen LogP contribution in [-0.2, 0) is 4.79 Å². The summed E-state index contributed by atoms with van der Waals surface area (Å²) in [5.41, 5.74) is 7.66. The minimum atomic E-state index is -0.0788. The minimum Gasteiger partial charge on any atom is -0.397 e. The number of carbonyl (C=O) groups is 2. The van der Waals surface area contributed by atoms with Crippen LogP contribution in [0.25, 0.3) is 0 Å². The van der Waals surface area contributed by atoms with Crippen molar-refractivity contribution in [3.63, 3.8) is 0 Å². The first-order valence-electron chi connectivity index (χ1n) is 6.01. The second-order valence-corrected chi connectivity index (χ2v) is 4.41. The second kappa shape index (κ2) is 6.63.